The van der Waals surface area contributed by atoms with E-state index in [1.54, 1.807) is 4.90 Å². The molecule has 0 N–H and O–H groups in total. The zero-order valence-corrected chi connectivity index (χ0v) is 17.2. The van der Waals surface area contributed by atoms with Crippen LogP contribution in [0.1, 0.15) is 30.0 Å². The summed E-state index contributed by atoms with van der Waals surface area (Å²) in [4.78, 5) is 31.5. The molecule has 0 atom stereocenters. The number of carbonyl (C=O) groups is 1. The van der Waals surface area contributed by atoms with Gasteiger partial charge in [0.25, 0.3) is 5.56 Å². The van der Waals surface area contributed by atoms with E-state index in [0.29, 0.717) is 24.3 Å². The highest BCUT2D eigenvalue weighted by Crippen LogP contribution is 2.31. The first-order valence-corrected chi connectivity index (χ1v) is 9.91. The third-order valence-electron chi connectivity index (χ3n) is 4.65. The lowest BCUT2D eigenvalue weighted by atomic mass is 10.0. The van der Waals surface area contributed by atoms with Crippen molar-refractivity contribution in [1.29, 1.82) is 0 Å². The lowest BCUT2D eigenvalue weighted by Gasteiger charge is -2.19. The molecule has 6 nitrogen and oxygen atoms in total. The SMILES string of the molecule is CCN(CC)C(=O)Cn1nc(-c2ccc(C)cc2C)c2sc(C)nc2c1=O. The number of benzene rings is 1. The summed E-state index contributed by atoms with van der Waals surface area (Å²) in [6.45, 7) is 10.9. The minimum Gasteiger partial charge on any atom is -0.342 e. The number of aryl methyl sites for hydroxylation is 3. The van der Waals surface area contributed by atoms with Crippen molar-refractivity contribution in [3.05, 3.63) is 44.7 Å². The van der Waals surface area contributed by atoms with Crippen LogP contribution in [-0.4, -0.2) is 38.7 Å². The van der Waals surface area contributed by atoms with Gasteiger partial charge < -0.3 is 4.90 Å². The van der Waals surface area contributed by atoms with E-state index in [2.05, 4.69) is 16.1 Å². The number of thiazole rings is 1. The van der Waals surface area contributed by atoms with E-state index in [9.17, 15) is 9.59 Å². The average molecular weight is 385 g/mol. The summed E-state index contributed by atoms with van der Waals surface area (Å²) in [6, 6.07) is 6.13. The van der Waals surface area contributed by atoms with Crippen LogP contribution in [0, 0.1) is 20.8 Å². The summed E-state index contributed by atoms with van der Waals surface area (Å²) in [6.07, 6.45) is 0. The number of carbonyl (C=O) groups excluding carboxylic acids is 1. The molecule has 0 bridgehead atoms. The fraction of sp³-hybridized carbons (Fsp3) is 0.400. The van der Waals surface area contributed by atoms with Gasteiger partial charge in [0, 0.05) is 18.7 Å². The molecule has 0 aliphatic rings. The van der Waals surface area contributed by atoms with Crippen LogP contribution < -0.4 is 5.56 Å². The number of likely N-dealkylation sites (N-methyl/N-ethyl adjacent to an activating group) is 1. The van der Waals surface area contributed by atoms with Gasteiger partial charge in [-0.2, -0.15) is 5.10 Å². The van der Waals surface area contributed by atoms with E-state index < -0.39 is 0 Å². The molecule has 0 spiro atoms. The largest absolute Gasteiger partial charge is 0.342 e. The Kier molecular flexibility index (Phi) is 5.41. The van der Waals surface area contributed by atoms with Crippen molar-refractivity contribution in [2.24, 2.45) is 0 Å². The average Bonchev–Trinajstić information content (AvgIpc) is 3.01. The minimum atomic E-state index is -0.316. The molecular formula is C20H24N4O2S. The minimum absolute atomic E-state index is 0.0784. The number of amides is 1. The maximum Gasteiger partial charge on any atom is 0.294 e. The molecule has 0 unspecified atom stereocenters. The standard InChI is InChI=1S/C20H24N4O2S/c1-6-23(7-2)16(25)11-24-20(26)18-19(27-14(5)21-18)17(22-24)15-9-8-12(3)10-13(15)4/h8-10H,6-7,11H2,1-5H3. The first-order chi connectivity index (χ1) is 12.8. The molecule has 7 heteroatoms. The summed E-state index contributed by atoms with van der Waals surface area (Å²) in [5.74, 6) is -0.118. The smallest absolute Gasteiger partial charge is 0.294 e. The normalized spacial score (nSPS) is 11.1. The molecule has 142 valence electrons. The number of nitrogens with zero attached hydrogens (tertiary/aromatic N) is 4. The zero-order valence-electron chi connectivity index (χ0n) is 16.4. The van der Waals surface area contributed by atoms with Crippen molar-refractivity contribution in [3.63, 3.8) is 0 Å². The summed E-state index contributed by atoms with van der Waals surface area (Å²) < 4.78 is 2.03. The van der Waals surface area contributed by atoms with Crippen LogP contribution in [0.3, 0.4) is 0 Å². The van der Waals surface area contributed by atoms with Crippen LogP contribution in [0.25, 0.3) is 21.5 Å². The summed E-state index contributed by atoms with van der Waals surface area (Å²) >= 11 is 1.46. The van der Waals surface area contributed by atoms with Crippen molar-refractivity contribution in [1.82, 2.24) is 19.7 Å². The van der Waals surface area contributed by atoms with Crippen molar-refractivity contribution in [3.8, 4) is 11.3 Å². The number of aromatic nitrogens is 3. The number of rotatable bonds is 5. The van der Waals surface area contributed by atoms with Crippen LogP contribution in [0.5, 0.6) is 0 Å². The Labute approximate surface area is 162 Å². The molecule has 1 amide bonds. The molecule has 2 heterocycles. The van der Waals surface area contributed by atoms with Gasteiger partial charge in [-0.15, -0.1) is 11.3 Å². The molecule has 27 heavy (non-hydrogen) atoms. The third kappa shape index (κ3) is 3.64. The predicted octanol–water partition coefficient (Wildman–Crippen LogP) is 3.31. The molecule has 0 radical (unpaired) electrons. The first-order valence-electron chi connectivity index (χ1n) is 9.09. The van der Waals surface area contributed by atoms with E-state index in [1.807, 2.05) is 46.8 Å². The van der Waals surface area contributed by atoms with Crippen molar-refractivity contribution in [2.75, 3.05) is 13.1 Å². The zero-order chi connectivity index (χ0) is 19.7. The number of hydrogen-bond donors (Lipinski definition) is 0. The van der Waals surface area contributed by atoms with E-state index >= 15 is 0 Å². The first kappa shape index (κ1) is 19.2. The van der Waals surface area contributed by atoms with Gasteiger partial charge in [-0.1, -0.05) is 23.8 Å². The van der Waals surface area contributed by atoms with Crippen molar-refractivity contribution in [2.45, 2.75) is 41.2 Å². The maximum absolute atomic E-state index is 12.9. The Morgan fingerprint density at radius 3 is 2.52 bits per heavy atom. The highest BCUT2D eigenvalue weighted by molar-refractivity contribution is 7.19. The molecule has 3 aromatic rings. The lowest BCUT2D eigenvalue weighted by molar-refractivity contribution is -0.131. The van der Waals surface area contributed by atoms with Crippen LogP contribution in [0.15, 0.2) is 23.0 Å². The second-order valence-electron chi connectivity index (χ2n) is 6.61. The number of hydrogen-bond acceptors (Lipinski definition) is 5. The fourth-order valence-corrected chi connectivity index (χ4v) is 4.14. The summed E-state index contributed by atoms with van der Waals surface area (Å²) in [5.41, 5.74) is 3.98. The van der Waals surface area contributed by atoms with Crippen molar-refractivity contribution < 1.29 is 4.79 Å². The van der Waals surface area contributed by atoms with Gasteiger partial charge in [-0.3, -0.25) is 9.59 Å². The Morgan fingerprint density at radius 1 is 1.19 bits per heavy atom. The van der Waals surface area contributed by atoms with E-state index in [0.717, 1.165) is 26.4 Å². The van der Waals surface area contributed by atoms with Gasteiger partial charge in [0.15, 0.2) is 5.52 Å². The predicted molar refractivity (Wildman–Crippen MR) is 109 cm³/mol. The third-order valence-corrected chi connectivity index (χ3v) is 5.62. The molecule has 0 fully saturated rings. The summed E-state index contributed by atoms with van der Waals surface area (Å²) in [5, 5.41) is 5.40. The van der Waals surface area contributed by atoms with Gasteiger partial charge in [0.2, 0.25) is 5.91 Å². The van der Waals surface area contributed by atoms with Gasteiger partial charge in [0.05, 0.1) is 9.71 Å². The van der Waals surface area contributed by atoms with Gasteiger partial charge in [0.1, 0.15) is 12.2 Å². The van der Waals surface area contributed by atoms with E-state index in [-0.39, 0.29) is 18.0 Å². The topological polar surface area (TPSA) is 68.1 Å². The molecule has 0 saturated carbocycles. The molecule has 0 saturated heterocycles. The van der Waals surface area contributed by atoms with Crippen LogP contribution in [0.4, 0.5) is 0 Å². The Balaban J connectivity index is 2.20. The quantitative estimate of drug-likeness (QED) is 0.677. The fourth-order valence-electron chi connectivity index (χ4n) is 3.23. The lowest BCUT2D eigenvalue weighted by Crippen LogP contribution is -2.37. The van der Waals surface area contributed by atoms with Gasteiger partial charge in [-0.05, 0) is 40.2 Å². The summed E-state index contributed by atoms with van der Waals surface area (Å²) in [7, 11) is 0. The molecule has 2 aromatic heterocycles. The molecule has 0 aliphatic carbocycles. The van der Waals surface area contributed by atoms with Crippen molar-refractivity contribution >= 4 is 27.5 Å². The second kappa shape index (κ2) is 7.60. The molecule has 0 aliphatic heterocycles. The maximum atomic E-state index is 12.9. The molecule has 3 rings (SSSR count). The number of fused-ring (bicyclic) bond motifs is 1. The second-order valence-corrected chi connectivity index (χ2v) is 7.81. The van der Waals surface area contributed by atoms with Crippen LogP contribution in [-0.2, 0) is 11.3 Å². The van der Waals surface area contributed by atoms with Crippen LogP contribution >= 0.6 is 11.3 Å². The van der Waals surface area contributed by atoms with E-state index in [4.69, 9.17) is 0 Å². The van der Waals surface area contributed by atoms with E-state index in [1.165, 1.54) is 16.0 Å². The van der Waals surface area contributed by atoms with Crippen LogP contribution in [0.2, 0.25) is 0 Å². The molecular weight excluding hydrogens is 360 g/mol. The molecule has 1 aromatic carbocycles. The highest BCUT2D eigenvalue weighted by Gasteiger charge is 2.20. The monoisotopic (exact) mass is 384 g/mol. The highest BCUT2D eigenvalue weighted by atomic mass is 32.1. The Bertz CT molecular complexity index is 1060. The van der Waals surface area contributed by atoms with Gasteiger partial charge >= 0.3 is 0 Å². The Hall–Kier alpha value is -2.54. The Morgan fingerprint density at radius 2 is 1.89 bits per heavy atom. The van der Waals surface area contributed by atoms with Gasteiger partial charge in [-0.25, -0.2) is 9.67 Å².